The van der Waals surface area contributed by atoms with Crippen molar-refractivity contribution in [3.63, 3.8) is 0 Å². The van der Waals surface area contributed by atoms with Crippen molar-refractivity contribution in [3.05, 3.63) is 131 Å². The normalized spacial score (nSPS) is 10.5. The number of nitrogens with zero attached hydrogens (tertiary/aromatic N) is 5. The molecule has 6 aromatic rings. The Labute approximate surface area is 225 Å². The van der Waals surface area contributed by atoms with Gasteiger partial charge in [0.25, 0.3) is 0 Å². The van der Waals surface area contributed by atoms with Gasteiger partial charge in [0.05, 0.1) is 46.9 Å². The SMILES string of the molecule is [C-]#[N+]c1cccc(C#N)c1-c1cccc2c1c1cccc(-c3c(C#N)cccc3C#N)c1n2-c1ccccc1. The molecule has 0 spiro atoms. The molecule has 39 heavy (non-hydrogen) atoms. The quantitative estimate of drug-likeness (QED) is 0.232. The minimum atomic E-state index is 0.403. The van der Waals surface area contributed by atoms with Crippen LogP contribution in [0.25, 0.3) is 54.6 Å². The first-order valence-corrected chi connectivity index (χ1v) is 12.2. The number of hydrogen-bond acceptors (Lipinski definition) is 3. The number of nitriles is 3. The van der Waals surface area contributed by atoms with Crippen molar-refractivity contribution in [3.8, 4) is 46.1 Å². The van der Waals surface area contributed by atoms with Crippen LogP contribution in [0, 0.1) is 40.6 Å². The first-order chi connectivity index (χ1) is 19.2. The van der Waals surface area contributed by atoms with E-state index >= 15 is 0 Å². The Kier molecular flexibility index (Phi) is 5.60. The fraction of sp³-hybridized carbons (Fsp3) is 0. The van der Waals surface area contributed by atoms with Gasteiger partial charge in [0.15, 0.2) is 5.69 Å². The first-order valence-electron chi connectivity index (χ1n) is 12.2. The summed E-state index contributed by atoms with van der Waals surface area (Å²) < 4.78 is 2.13. The maximum atomic E-state index is 9.98. The molecule has 0 aliphatic rings. The fourth-order valence-corrected chi connectivity index (χ4v) is 5.41. The molecule has 0 fully saturated rings. The van der Waals surface area contributed by atoms with E-state index in [1.807, 2.05) is 66.7 Å². The second-order valence-electron chi connectivity index (χ2n) is 8.95. The van der Waals surface area contributed by atoms with Gasteiger partial charge in [-0.3, -0.25) is 0 Å². The van der Waals surface area contributed by atoms with E-state index in [0.717, 1.165) is 38.6 Å². The van der Waals surface area contributed by atoms with Crippen LogP contribution in [-0.4, -0.2) is 4.57 Å². The summed E-state index contributed by atoms with van der Waals surface area (Å²) in [5, 5.41) is 31.7. The maximum absolute atomic E-state index is 9.98. The first kappa shape index (κ1) is 23.3. The Hall–Kier alpha value is -6.14. The minimum Gasteiger partial charge on any atom is -0.309 e. The summed E-state index contributed by atoms with van der Waals surface area (Å²) in [7, 11) is 0. The van der Waals surface area contributed by atoms with E-state index in [2.05, 4.69) is 27.6 Å². The number of rotatable bonds is 3. The van der Waals surface area contributed by atoms with Gasteiger partial charge >= 0.3 is 0 Å². The summed E-state index contributed by atoms with van der Waals surface area (Å²) in [5.74, 6) is 0. The minimum absolute atomic E-state index is 0.403. The van der Waals surface area contributed by atoms with Gasteiger partial charge in [-0.1, -0.05) is 66.7 Å². The zero-order chi connectivity index (χ0) is 26.9. The maximum Gasteiger partial charge on any atom is 0.196 e. The van der Waals surface area contributed by atoms with E-state index in [9.17, 15) is 15.8 Å². The molecule has 5 heteroatoms. The third kappa shape index (κ3) is 3.52. The number of hydrogen-bond donors (Lipinski definition) is 0. The Morgan fingerprint density at radius 3 is 1.85 bits per heavy atom. The number of benzene rings is 5. The molecule has 1 heterocycles. The van der Waals surface area contributed by atoms with Gasteiger partial charge in [0.2, 0.25) is 0 Å². The summed E-state index contributed by atoms with van der Waals surface area (Å²) in [4.78, 5) is 3.74. The molecule has 0 aliphatic heterocycles. The van der Waals surface area contributed by atoms with Gasteiger partial charge in [-0.15, -0.1) is 0 Å². The summed E-state index contributed by atoms with van der Waals surface area (Å²) in [6.45, 7) is 7.80. The Bertz CT molecular complexity index is 2040. The molecular formula is C34H17N5. The number of fused-ring (bicyclic) bond motifs is 3. The smallest absolute Gasteiger partial charge is 0.196 e. The summed E-state index contributed by atoms with van der Waals surface area (Å²) in [5.41, 5.74) is 6.99. The molecule has 0 radical (unpaired) electrons. The molecule has 5 aromatic carbocycles. The molecule has 0 saturated carbocycles. The van der Waals surface area contributed by atoms with E-state index < -0.39 is 0 Å². The summed E-state index contributed by atoms with van der Waals surface area (Å²) in [6.07, 6.45) is 0. The van der Waals surface area contributed by atoms with Gasteiger partial charge in [-0.05, 0) is 42.0 Å². The zero-order valence-corrected chi connectivity index (χ0v) is 20.6. The van der Waals surface area contributed by atoms with E-state index in [0.29, 0.717) is 33.5 Å². The van der Waals surface area contributed by atoms with Crippen molar-refractivity contribution in [2.45, 2.75) is 0 Å². The molecule has 0 atom stereocenters. The lowest BCUT2D eigenvalue weighted by Crippen LogP contribution is -1.97. The highest BCUT2D eigenvalue weighted by Crippen LogP contribution is 2.45. The molecule has 0 bridgehead atoms. The fourth-order valence-electron chi connectivity index (χ4n) is 5.41. The highest BCUT2D eigenvalue weighted by molar-refractivity contribution is 6.20. The topological polar surface area (TPSA) is 80.7 Å². The van der Waals surface area contributed by atoms with Gasteiger partial charge in [-0.2, -0.15) is 15.8 Å². The standard InChI is InChI=1S/C34H17N5/c1-38-29-17-6-11-24(21-37)32(29)26-14-8-18-30-33(26)28-16-7-15-27(31-22(19-35)9-5-10-23(31)20-36)34(28)39(30)25-12-3-2-4-13-25/h2-18H. The molecule has 178 valence electrons. The number of aromatic nitrogens is 1. The van der Waals surface area contributed by atoms with Crippen LogP contribution < -0.4 is 0 Å². The monoisotopic (exact) mass is 495 g/mol. The van der Waals surface area contributed by atoms with Crippen molar-refractivity contribution in [2.75, 3.05) is 0 Å². The molecule has 0 N–H and O–H groups in total. The van der Waals surface area contributed by atoms with Gasteiger partial charge in [0.1, 0.15) is 0 Å². The Balaban J connectivity index is 1.87. The predicted octanol–water partition coefficient (Wildman–Crippen LogP) is 8.28. The van der Waals surface area contributed by atoms with Crippen molar-refractivity contribution in [2.24, 2.45) is 0 Å². The predicted molar refractivity (Wildman–Crippen MR) is 152 cm³/mol. The molecule has 0 amide bonds. The lowest BCUT2D eigenvalue weighted by atomic mass is 9.91. The second-order valence-corrected chi connectivity index (χ2v) is 8.95. The van der Waals surface area contributed by atoms with Gasteiger partial charge < -0.3 is 4.57 Å². The Morgan fingerprint density at radius 1 is 0.590 bits per heavy atom. The van der Waals surface area contributed by atoms with Crippen molar-refractivity contribution in [1.29, 1.82) is 15.8 Å². The van der Waals surface area contributed by atoms with Crippen molar-refractivity contribution < 1.29 is 0 Å². The molecule has 6 rings (SSSR count). The third-order valence-electron chi connectivity index (χ3n) is 6.95. The molecule has 0 saturated heterocycles. The van der Waals surface area contributed by atoms with Crippen molar-refractivity contribution in [1.82, 2.24) is 4.57 Å². The van der Waals surface area contributed by atoms with Gasteiger partial charge in [-0.25, -0.2) is 4.85 Å². The lowest BCUT2D eigenvalue weighted by molar-refractivity contribution is 1.18. The average molecular weight is 496 g/mol. The van der Waals surface area contributed by atoms with Crippen LogP contribution in [-0.2, 0) is 0 Å². The molecule has 5 nitrogen and oxygen atoms in total. The summed E-state index contributed by atoms with van der Waals surface area (Å²) in [6, 6.07) is 38.8. The van der Waals surface area contributed by atoms with Crippen LogP contribution in [0.5, 0.6) is 0 Å². The third-order valence-corrected chi connectivity index (χ3v) is 6.95. The number of para-hydroxylation sites is 2. The molecule has 0 aliphatic carbocycles. The van der Waals surface area contributed by atoms with Crippen LogP contribution in [0.1, 0.15) is 16.7 Å². The van der Waals surface area contributed by atoms with E-state index in [1.54, 1.807) is 36.4 Å². The van der Waals surface area contributed by atoms with E-state index in [4.69, 9.17) is 6.57 Å². The summed E-state index contributed by atoms with van der Waals surface area (Å²) >= 11 is 0. The average Bonchev–Trinajstić information content (AvgIpc) is 3.35. The molecular weight excluding hydrogens is 478 g/mol. The van der Waals surface area contributed by atoms with E-state index in [-0.39, 0.29) is 0 Å². The van der Waals surface area contributed by atoms with Crippen LogP contribution >= 0.6 is 0 Å². The van der Waals surface area contributed by atoms with Crippen LogP contribution in [0.4, 0.5) is 5.69 Å². The van der Waals surface area contributed by atoms with E-state index in [1.165, 1.54) is 0 Å². The largest absolute Gasteiger partial charge is 0.309 e. The van der Waals surface area contributed by atoms with Gasteiger partial charge in [0, 0.05) is 38.7 Å². The highest BCUT2D eigenvalue weighted by atomic mass is 15.0. The zero-order valence-electron chi connectivity index (χ0n) is 20.6. The highest BCUT2D eigenvalue weighted by Gasteiger charge is 2.23. The van der Waals surface area contributed by atoms with Crippen molar-refractivity contribution >= 4 is 27.5 Å². The Morgan fingerprint density at radius 2 is 1.18 bits per heavy atom. The molecule has 1 aromatic heterocycles. The second kappa shape index (κ2) is 9.38. The molecule has 0 unspecified atom stereocenters. The lowest BCUT2D eigenvalue weighted by Gasteiger charge is -2.13. The van der Waals surface area contributed by atoms with Crippen LogP contribution in [0.15, 0.2) is 103 Å². The van der Waals surface area contributed by atoms with Crippen LogP contribution in [0.3, 0.4) is 0 Å². The van der Waals surface area contributed by atoms with Crippen LogP contribution in [0.2, 0.25) is 0 Å².